The number of hydrogen-bond donors (Lipinski definition) is 3. The summed E-state index contributed by atoms with van der Waals surface area (Å²) in [6, 6.07) is 0. The van der Waals surface area contributed by atoms with Crippen molar-refractivity contribution in [2.45, 2.75) is 66.1 Å². The van der Waals surface area contributed by atoms with Gasteiger partial charge in [0.25, 0.3) is 0 Å². The van der Waals surface area contributed by atoms with Crippen molar-refractivity contribution < 1.29 is 14.3 Å². The highest BCUT2D eigenvalue weighted by Crippen LogP contribution is 2.09. The van der Waals surface area contributed by atoms with E-state index in [-0.39, 0.29) is 12.2 Å². The monoisotopic (exact) mass is 358 g/mol. The fraction of sp³-hybridized carbons (Fsp3) is 0.889. The first-order valence-corrected chi connectivity index (χ1v) is 9.22. The van der Waals surface area contributed by atoms with Crippen LogP contribution >= 0.6 is 0 Å². The Hall–Kier alpha value is -1.50. The number of amides is 1. The largest absolute Gasteiger partial charge is 0.444 e. The molecule has 1 atom stereocenters. The average Bonchev–Trinajstić information content (AvgIpc) is 2.49. The highest BCUT2D eigenvalue weighted by molar-refractivity contribution is 5.79. The Morgan fingerprint density at radius 2 is 1.68 bits per heavy atom. The maximum Gasteiger partial charge on any atom is 0.407 e. The molecule has 0 bridgehead atoms. The molecule has 0 aromatic heterocycles. The molecule has 25 heavy (non-hydrogen) atoms. The number of nitrogens with zero attached hydrogens (tertiary/aromatic N) is 1. The molecule has 7 nitrogen and oxygen atoms in total. The van der Waals surface area contributed by atoms with Crippen molar-refractivity contribution in [1.82, 2.24) is 16.0 Å². The second-order valence-electron chi connectivity index (χ2n) is 7.23. The Balaban J connectivity index is 3.88. The van der Waals surface area contributed by atoms with Crippen LogP contribution in [0.2, 0.25) is 0 Å². The summed E-state index contributed by atoms with van der Waals surface area (Å²) >= 11 is 0. The summed E-state index contributed by atoms with van der Waals surface area (Å²) < 4.78 is 10.9. The Kier molecular flexibility index (Phi) is 12.0. The zero-order valence-electron chi connectivity index (χ0n) is 17.1. The number of alkyl carbamates (subject to hydrolysis) is 1. The van der Waals surface area contributed by atoms with E-state index in [4.69, 9.17) is 9.47 Å². The molecule has 0 saturated carbocycles. The SMILES string of the molecule is CCOC(CCNC(=NC)NCCCNC(=O)OC(C)(C)C)C(C)C. The van der Waals surface area contributed by atoms with Crippen LogP contribution in [0.25, 0.3) is 0 Å². The molecular weight excluding hydrogens is 320 g/mol. The van der Waals surface area contributed by atoms with Crippen LogP contribution in [0.1, 0.15) is 54.4 Å². The number of rotatable bonds is 10. The third kappa shape index (κ3) is 13.5. The summed E-state index contributed by atoms with van der Waals surface area (Å²) in [5, 5.41) is 9.26. The summed E-state index contributed by atoms with van der Waals surface area (Å²) in [5.41, 5.74) is -0.469. The summed E-state index contributed by atoms with van der Waals surface area (Å²) in [6.45, 7) is 14.7. The van der Waals surface area contributed by atoms with E-state index in [1.54, 1.807) is 7.05 Å². The lowest BCUT2D eigenvalue weighted by molar-refractivity contribution is 0.0258. The standard InChI is InChI=1S/C18H38N4O3/c1-8-24-15(14(2)3)10-13-21-16(19-7)20-11-9-12-22-17(23)25-18(4,5)6/h14-15H,8-13H2,1-7H3,(H,22,23)(H2,19,20,21). The number of nitrogens with one attached hydrogen (secondary N) is 3. The number of aliphatic imine (C=N–C) groups is 1. The molecule has 3 N–H and O–H groups in total. The van der Waals surface area contributed by atoms with Crippen LogP contribution in [0.3, 0.4) is 0 Å². The zero-order valence-corrected chi connectivity index (χ0v) is 17.1. The smallest absolute Gasteiger partial charge is 0.407 e. The van der Waals surface area contributed by atoms with Gasteiger partial charge in [-0.05, 0) is 46.5 Å². The molecule has 0 heterocycles. The van der Waals surface area contributed by atoms with Gasteiger partial charge in [-0.15, -0.1) is 0 Å². The lowest BCUT2D eigenvalue weighted by Crippen LogP contribution is -2.40. The molecule has 0 aliphatic heterocycles. The minimum Gasteiger partial charge on any atom is -0.444 e. The molecule has 0 aromatic carbocycles. The first-order chi connectivity index (χ1) is 11.7. The van der Waals surface area contributed by atoms with Crippen molar-refractivity contribution >= 4 is 12.1 Å². The van der Waals surface area contributed by atoms with Gasteiger partial charge in [0.2, 0.25) is 0 Å². The van der Waals surface area contributed by atoms with Gasteiger partial charge in [-0.25, -0.2) is 4.79 Å². The number of hydrogen-bond acceptors (Lipinski definition) is 4. The van der Waals surface area contributed by atoms with Crippen LogP contribution < -0.4 is 16.0 Å². The van der Waals surface area contributed by atoms with Crippen molar-refractivity contribution in [2.75, 3.05) is 33.3 Å². The summed E-state index contributed by atoms with van der Waals surface area (Å²) in [4.78, 5) is 15.7. The minimum atomic E-state index is -0.469. The van der Waals surface area contributed by atoms with Crippen LogP contribution in [-0.4, -0.2) is 57.0 Å². The molecule has 0 radical (unpaired) electrons. The maximum atomic E-state index is 11.5. The second-order valence-corrected chi connectivity index (χ2v) is 7.23. The van der Waals surface area contributed by atoms with Crippen molar-refractivity contribution in [2.24, 2.45) is 10.9 Å². The third-order valence-corrected chi connectivity index (χ3v) is 3.38. The number of guanidine groups is 1. The van der Waals surface area contributed by atoms with Crippen LogP contribution in [0.4, 0.5) is 4.79 Å². The molecule has 1 amide bonds. The van der Waals surface area contributed by atoms with Crippen LogP contribution in [0, 0.1) is 5.92 Å². The third-order valence-electron chi connectivity index (χ3n) is 3.38. The maximum absolute atomic E-state index is 11.5. The molecule has 0 spiro atoms. The van der Waals surface area contributed by atoms with Gasteiger partial charge in [-0.2, -0.15) is 0 Å². The highest BCUT2D eigenvalue weighted by Gasteiger charge is 2.15. The predicted octanol–water partition coefficient (Wildman–Crippen LogP) is 2.52. The Bertz CT molecular complexity index is 392. The molecule has 0 rings (SSSR count). The zero-order chi connectivity index (χ0) is 19.3. The lowest BCUT2D eigenvalue weighted by Gasteiger charge is -2.21. The van der Waals surface area contributed by atoms with Crippen molar-refractivity contribution in [3.05, 3.63) is 0 Å². The van der Waals surface area contributed by atoms with Gasteiger partial charge in [0.1, 0.15) is 5.60 Å². The summed E-state index contributed by atoms with van der Waals surface area (Å²) in [5.74, 6) is 1.26. The molecular formula is C18H38N4O3. The molecule has 0 aliphatic carbocycles. The van der Waals surface area contributed by atoms with Crippen molar-refractivity contribution in [1.29, 1.82) is 0 Å². The first-order valence-electron chi connectivity index (χ1n) is 9.22. The molecule has 7 heteroatoms. The van der Waals surface area contributed by atoms with Crippen molar-refractivity contribution in [3.8, 4) is 0 Å². The number of ether oxygens (including phenoxy) is 2. The van der Waals surface area contributed by atoms with Gasteiger partial charge >= 0.3 is 6.09 Å². The number of carbonyl (C=O) groups excluding carboxylic acids is 1. The Morgan fingerprint density at radius 3 is 2.20 bits per heavy atom. The highest BCUT2D eigenvalue weighted by atomic mass is 16.6. The van der Waals surface area contributed by atoms with E-state index in [0.717, 1.165) is 32.0 Å². The summed E-state index contributed by atoms with van der Waals surface area (Å²) in [7, 11) is 1.75. The Labute approximate surface area is 153 Å². The van der Waals surface area contributed by atoms with Crippen molar-refractivity contribution in [3.63, 3.8) is 0 Å². The topological polar surface area (TPSA) is 84.0 Å². The van der Waals surface area contributed by atoms with Gasteiger partial charge in [-0.3, -0.25) is 4.99 Å². The molecule has 0 saturated heterocycles. The Morgan fingerprint density at radius 1 is 1.08 bits per heavy atom. The fourth-order valence-corrected chi connectivity index (χ4v) is 2.18. The number of carbonyl (C=O) groups is 1. The van der Waals surface area contributed by atoms with Gasteiger partial charge in [-0.1, -0.05) is 13.8 Å². The second kappa shape index (κ2) is 12.8. The lowest BCUT2D eigenvalue weighted by atomic mass is 10.0. The molecule has 0 aliphatic rings. The van der Waals surface area contributed by atoms with E-state index in [1.165, 1.54) is 0 Å². The van der Waals surface area contributed by atoms with E-state index in [0.29, 0.717) is 19.0 Å². The van der Waals surface area contributed by atoms with Crippen LogP contribution in [0.15, 0.2) is 4.99 Å². The molecule has 1 unspecified atom stereocenters. The van der Waals surface area contributed by atoms with E-state index in [2.05, 4.69) is 34.8 Å². The summed E-state index contributed by atoms with van der Waals surface area (Å²) in [6.07, 6.45) is 1.60. The molecule has 148 valence electrons. The molecule has 0 fully saturated rings. The van der Waals surface area contributed by atoms with E-state index in [9.17, 15) is 4.79 Å². The predicted molar refractivity (Wildman–Crippen MR) is 103 cm³/mol. The quantitative estimate of drug-likeness (QED) is 0.317. The van der Waals surface area contributed by atoms with Gasteiger partial charge in [0.05, 0.1) is 6.10 Å². The van der Waals surface area contributed by atoms with Gasteiger partial charge in [0, 0.05) is 33.3 Å². The van der Waals surface area contributed by atoms with E-state index in [1.807, 2.05) is 27.7 Å². The molecule has 0 aromatic rings. The average molecular weight is 359 g/mol. The van der Waals surface area contributed by atoms with E-state index < -0.39 is 5.60 Å². The van der Waals surface area contributed by atoms with Crippen LogP contribution in [-0.2, 0) is 9.47 Å². The van der Waals surface area contributed by atoms with E-state index >= 15 is 0 Å². The van der Waals surface area contributed by atoms with Gasteiger partial charge in [0.15, 0.2) is 5.96 Å². The first kappa shape index (κ1) is 23.5. The minimum absolute atomic E-state index is 0.258. The normalized spacial score (nSPS) is 13.5. The van der Waals surface area contributed by atoms with Crippen LogP contribution in [0.5, 0.6) is 0 Å². The fourth-order valence-electron chi connectivity index (χ4n) is 2.18. The van der Waals surface area contributed by atoms with Gasteiger partial charge < -0.3 is 25.4 Å².